The number of halogens is 1. The quantitative estimate of drug-likeness (QED) is 0.586. The van der Waals surface area contributed by atoms with Crippen LogP contribution < -0.4 is 9.80 Å². The summed E-state index contributed by atoms with van der Waals surface area (Å²) in [7, 11) is -3.90. The number of amides is 2. The second-order valence-corrected chi connectivity index (χ2v) is 12.0. The van der Waals surface area contributed by atoms with Gasteiger partial charge in [0, 0.05) is 42.8 Å². The number of para-hydroxylation sites is 1. The highest BCUT2D eigenvalue weighted by Crippen LogP contribution is 2.40. The van der Waals surface area contributed by atoms with Crippen molar-refractivity contribution >= 4 is 49.1 Å². The maximum Gasteiger partial charge on any atom is 0.245 e. The number of carbonyl (C=O) groups is 2. The van der Waals surface area contributed by atoms with Crippen LogP contribution in [-0.4, -0.2) is 50.7 Å². The van der Waals surface area contributed by atoms with Crippen LogP contribution in [0, 0.1) is 5.92 Å². The third-order valence-corrected chi connectivity index (χ3v) is 9.44. The molecule has 1 fully saturated rings. The first-order chi connectivity index (χ1) is 16.3. The maximum atomic E-state index is 13.9. The van der Waals surface area contributed by atoms with Crippen LogP contribution in [0.1, 0.15) is 37.3 Å². The summed E-state index contributed by atoms with van der Waals surface area (Å²) in [5.74, 6) is -0.479. The van der Waals surface area contributed by atoms with Crippen LogP contribution in [0.5, 0.6) is 0 Å². The molecular weight excluding hydrogens is 518 g/mol. The van der Waals surface area contributed by atoms with E-state index in [1.165, 1.54) is 4.31 Å². The van der Waals surface area contributed by atoms with E-state index in [4.69, 9.17) is 0 Å². The van der Waals surface area contributed by atoms with Gasteiger partial charge >= 0.3 is 0 Å². The number of carbonyl (C=O) groups excluding carboxylic acids is 2. The lowest BCUT2D eigenvalue weighted by molar-refractivity contribution is -0.123. The van der Waals surface area contributed by atoms with Crippen molar-refractivity contribution in [2.24, 2.45) is 5.92 Å². The Kier molecular flexibility index (Phi) is 6.29. The molecule has 3 aliphatic heterocycles. The Labute approximate surface area is 208 Å². The average molecular weight is 546 g/mol. The van der Waals surface area contributed by atoms with Gasteiger partial charge in [-0.1, -0.05) is 41.1 Å². The molecule has 0 bridgehead atoms. The van der Waals surface area contributed by atoms with Crippen molar-refractivity contribution in [2.45, 2.75) is 43.9 Å². The number of hydrogen-bond donors (Lipinski definition) is 0. The zero-order valence-corrected chi connectivity index (χ0v) is 21.6. The lowest BCUT2D eigenvalue weighted by Gasteiger charge is -2.34. The molecular formula is C25H28BrN3O4S. The number of rotatable bonds is 4. The molecule has 5 rings (SSSR count). The van der Waals surface area contributed by atoms with Crippen LogP contribution in [0.4, 0.5) is 11.4 Å². The fraction of sp³-hybridized carbons (Fsp3) is 0.440. The Hall–Kier alpha value is -2.23. The van der Waals surface area contributed by atoms with E-state index in [1.807, 2.05) is 35.2 Å². The molecule has 0 saturated carbocycles. The molecule has 34 heavy (non-hydrogen) atoms. The average Bonchev–Trinajstić information content (AvgIpc) is 3.47. The first-order valence-corrected chi connectivity index (χ1v) is 14.1. The molecule has 1 atom stereocenters. The van der Waals surface area contributed by atoms with Gasteiger partial charge in [-0.25, -0.2) is 8.42 Å². The van der Waals surface area contributed by atoms with Gasteiger partial charge in [0.1, 0.15) is 4.90 Å². The molecule has 1 unspecified atom stereocenters. The molecule has 7 nitrogen and oxygen atoms in total. The van der Waals surface area contributed by atoms with Gasteiger partial charge in [0.15, 0.2) is 0 Å². The Morgan fingerprint density at radius 2 is 1.76 bits per heavy atom. The summed E-state index contributed by atoms with van der Waals surface area (Å²) in [5, 5.41) is 0. The molecule has 0 aliphatic carbocycles. The van der Waals surface area contributed by atoms with Crippen LogP contribution in [0.2, 0.25) is 0 Å². The summed E-state index contributed by atoms with van der Waals surface area (Å²) in [5.41, 5.74) is 3.44. The van der Waals surface area contributed by atoms with Crippen molar-refractivity contribution in [1.29, 1.82) is 0 Å². The predicted octanol–water partition coefficient (Wildman–Crippen LogP) is 3.74. The highest BCUT2D eigenvalue weighted by Gasteiger charge is 2.40. The summed E-state index contributed by atoms with van der Waals surface area (Å²) in [6, 6.07) is 11.4. The Morgan fingerprint density at radius 3 is 2.56 bits per heavy atom. The molecule has 9 heteroatoms. The molecule has 0 aromatic heterocycles. The minimum Gasteiger partial charge on any atom is -0.312 e. The Morgan fingerprint density at radius 1 is 1.03 bits per heavy atom. The molecule has 3 heterocycles. The highest BCUT2D eigenvalue weighted by atomic mass is 79.9. The van der Waals surface area contributed by atoms with Crippen LogP contribution in [-0.2, 0) is 32.5 Å². The van der Waals surface area contributed by atoms with E-state index in [-0.39, 0.29) is 29.2 Å². The minimum absolute atomic E-state index is 0.00731. The fourth-order valence-electron chi connectivity index (χ4n) is 5.40. The largest absolute Gasteiger partial charge is 0.312 e. The van der Waals surface area contributed by atoms with Crippen molar-refractivity contribution in [3.05, 3.63) is 52.0 Å². The second-order valence-electron chi connectivity index (χ2n) is 9.13. The van der Waals surface area contributed by atoms with E-state index < -0.39 is 10.0 Å². The summed E-state index contributed by atoms with van der Waals surface area (Å²) in [4.78, 5) is 29.6. The number of benzene rings is 2. The zero-order valence-electron chi connectivity index (χ0n) is 19.2. The van der Waals surface area contributed by atoms with Gasteiger partial charge in [0.05, 0.1) is 11.6 Å². The summed E-state index contributed by atoms with van der Waals surface area (Å²) in [6.07, 6.45) is 3.05. The van der Waals surface area contributed by atoms with Gasteiger partial charge in [-0.15, -0.1) is 0 Å². The summed E-state index contributed by atoms with van der Waals surface area (Å²) < 4.78 is 29.9. The van der Waals surface area contributed by atoms with Crippen LogP contribution in [0.15, 0.2) is 45.8 Å². The summed E-state index contributed by atoms with van der Waals surface area (Å²) in [6.45, 7) is 3.42. The van der Waals surface area contributed by atoms with Crippen molar-refractivity contribution in [1.82, 2.24) is 4.31 Å². The molecule has 1 saturated heterocycles. The van der Waals surface area contributed by atoms with Crippen molar-refractivity contribution < 1.29 is 18.0 Å². The third-order valence-electron chi connectivity index (χ3n) is 7.10. The monoisotopic (exact) mass is 545 g/mol. The van der Waals surface area contributed by atoms with E-state index in [0.717, 1.165) is 23.2 Å². The Bertz CT molecular complexity index is 1260. The smallest absolute Gasteiger partial charge is 0.245 e. The van der Waals surface area contributed by atoms with Crippen LogP contribution in [0.3, 0.4) is 0 Å². The number of hydrogen-bond acceptors (Lipinski definition) is 4. The number of piperidine rings is 1. The number of fused-ring (bicyclic) bond motifs is 2. The van der Waals surface area contributed by atoms with Crippen LogP contribution >= 0.6 is 15.9 Å². The third kappa shape index (κ3) is 3.97. The number of sulfonamides is 1. The van der Waals surface area contributed by atoms with E-state index in [0.29, 0.717) is 55.5 Å². The fourth-order valence-corrected chi connectivity index (χ4v) is 7.84. The lowest BCUT2D eigenvalue weighted by atomic mass is 9.98. The standard InChI is InChI=1S/C25H28BrN3O4S/c1-2-23(30)29-13-10-18-14-20(26)15-22(24(18)29)34(32,33)27-11-5-7-19(16-27)25(31)28-12-9-17-6-3-4-8-21(17)28/h3-4,6,8,14-15,19H,2,5,7,9-13,16H2,1H3. The van der Waals surface area contributed by atoms with Crippen molar-refractivity contribution in [2.75, 3.05) is 36.0 Å². The minimum atomic E-state index is -3.90. The molecule has 0 N–H and O–H groups in total. The van der Waals surface area contributed by atoms with Gasteiger partial charge in [-0.3, -0.25) is 9.59 Å². The molecule has 180 valence electrons. The van der Waals surface area contributed by atoms with Crippen LogP contribution in [0.25, 0.3) is 0 Å². The SMILES string of the molecule is CCC(=O)N1CCc2cc(Br)cc(S(=O)(=O)N3CCCC(C(=O)N4CCc5ccccc54)C3)c21. The van der Waals surface area contributed by atoms with Gasteiger partial charge in [-0.2, -0.15) is 4.31 Å². The molecule has 3 aliphatic rings. The van der Waals surface area contributed by atoms with Gasteiger partial charge in [0.2, 0.25) is 21.8 Å². The van der Waals surface area contributed by atoms with E-state index >= 15 is 0 Å². The highest BCUT2D eigenvalue weighted by molar-refractivity contribution is 9.10. The van der Waals surface area contributed by atoms with Crippen molar-refractivity contribution in [3.63, 3.8) is 0 Å². The predicted molar refractivity (Wildman–Crippen MR) is 134 cm³/mol. The second kappa shape index (κ2) is 9.09. The van der Waals surface area contributed by atoms with Crippen molar-refractivity contribution in [3.8, 4) is 0 Å². The number of anilines is 2. The van der Waals surface area contributed by atoms with Gasteiger partial charge in [0.25, 0.3) is 0 Å². The molecule has 2 aromatic carbocycles. The molecule has 2 aromatic rings. The zero-order chi connectivity index (χ0) is 24.0. The number of nitrogens with zero attached hydrogens (tertiary/aromatic N) is 3. The van der Waals surface area contributed by atoms with E-state index in [1.54, 1.807) is 17.9 Å². The normalized spacial score (nSPS) is 20.4. The molecule has 0 radical (unpaired) electrons. The van der Waals surface area contributed by atoms with Gasteiger partial charge in [-0.05, 0) is 55.0 Å². The first kappa shape index (κ1) is 23.5. The topological polar surface area (TPSA) is 78.0 Å². The lowest BCUT2D eigenvalue weighted by Crippen LogP contribution is -2.46. The van der Waals surface area contributed by atoms with E-state index in [2.05, 4.69) is 15.9 Å². The van der Waals surface area contributed by atoms with E-state index in [9.17, 15) is 18.0 Å². The summed E-state index contributed by atoms with van der Waals surface area (Å²) >= 11 is 3.45. The first-order valence-electron chi connectivity index (χ1n) is 11.8. The molecule has 0 spiro atoms. The van der Waals surface area contributed by atoms with Gasteiger partial charge < -0.3 is 9.80 Å². The molecule has 2 amide bonds. The maximum absolute atomic E-state index is 13.9. The Balaban J connectivity index is 1.44.